The van der Waals surface area contributed by atoms with Gasteiger partial charge in [0.1, 0.15) is 21.9 Å². The van der Waals surface area contributed by atoms with Crippen molar-refractivity contribution >= 4 is 78.0 Å². The van der Waals surface area contributed by atoms with Gasteiger partial charge in [0.05, 0.1) is 15.9 Å². The van der Waals surface area contributed by atoms with E-state index in [1.165, 1.54) is 11.1 Å². The molecule has 0 amide bonds. The smallest absolute Gasteiger partial charge is 0.143 e. The van der Waals surface area contributed by atoms with Crippen LogP contribution in [0.25, 0.3) is 76.1 Å². The Morgan fingerprint density at radius 3 is 2.19 bits per heavy atom. The summed E-state index contributed by atoms with van der Waals surface area (Å²) in [5.41, 5.74) is 12.3. The van der Waals surface area contributed by atoms with Gasteiger partial charge < -0.3 is 9.52 Å². The molecule has 6 heteroatoms. The summed E-state index contributed by atoms with van der Waals surface area (Å²) < 4.78 is 8.70. The second-order valence-corrected chi connectivity index (χ2v) is 16.8. The monoisotopic (exact) mass is 830 g/mol. The fourth-order valence-electron chi connectivity index (χ4n) is 7.18. The van der Waals surface area contributed by atoms with Gasteiger partial charge in [-0.05, 0) is 98.8 Å². The molecule has 9 aromatic rings. The summed E-state index contributed by atoms with van der Waals surface area (Å²) in [6.45, 7) is 6.32. The van der Waals surface area contributed by atoms with Crippen molar-refractivity contribution in [1.29, 1.82) is 0 Å². The number of thiazole rings is 1. The lowest BCUT2D eigenvalue weighted by molar-refractivity contribution is 0.445. The molecule has 54 heavy (non-hydrogen) atoms. The lowest BCUT2D eigenvalue weighted by Crippen LogP contribution is -2.12. The van der Waals surface area contributed by atoms with Gasteiger partial charge in [-0.3, -0.25) is 4.99 Å². The number of para-hydroxylation sites is 3. The van der Waals surface area contributed by atoms with Crippen molar-refractivity contribution in [3.63, 3.8) is 0 Å². The number of aliphatic imine (C=N–C) groups is 1. The number of phenolic OH excluding ortho intramolecular Hbond substituents is 1. The Hall–Kier alpha value is -5.57. The molecule has 0 aliphatic carbocycles. The minimum Gasteiger partial charge on any atom is -0.507 e. The molecule has 262 valence electrons. The van der Waals surface area contributed by atoms with Crippen molar-refractivity contribution in [1.82, 2.24) is 4.98 Å². The number of aromatic hydroxyl groups is 1. The number of fused-ring (bicyclic) bond motifs is 4. The lowest BCUT2D eigenvalue weighted by atomic mass is 9.85. The number of phenols is 1. The molecule has 0 unspecified atom stereocenters. The van der Waals surface area contributed by atoms with E-state index in [0.717, 1.165) is 79.8 Å². The van der Waals surface area contributed by atoms with Crippen LogP contribution in [0.1, 0.15) is 31.9 Å². The number of furan rings is 1. The Balaban J connectivity index is 1.22. The van der Waals surface area contributed by atoms with Crippen molar-refractivity contribution < 1.29 is 9.52 Å². The van der Waals surface area contributed by atoms with Crippen LogP contribution < -0.4 is 0 Å². The van der Waals surface area contributed by atoms with E-state index in [1.54, 1.807) is 17.6 Å². The van der Waals surface area contributed by atoms with Crippen LogP contribution in [0.4, 0.5) is 5.69 Å². The maximum Gasteiger partial charge on any atom is 0.143 e. The fourth-order valence-corrected chi connectivity index (χ4v) is 8.89. The standard InChI is InChI=1S/C48H35IN2O2S/c1-48(2,3)40-27-34(49)24-33(45(40)52)28-50-41-21-9-7-18-38(41)47-51-44-39(37-20-12-19-36-35-17-8-10-22-42(35)53-46(36)37)25-32(26-43(44)54-47)31-16-11-15-30(23-31)29-13-5-4-6-14-29/h4-28,52H,1-3H3/b50-28+. The molecule has 2 aromatic heterocycles. The molecule has 0 fully saturated rings. The van der Waals surface area contributed by atoms with E-state index in [4.69, 9.17) is 14.4 Å². The first-order valence-electron chi connectivity index (χ1n) is 17.9. The number of benzene rings is 7. The van der Waals surface area contributed by atoms with Crippen LogP contribution in [0.3, 0.4) is 0 Å². The van der Waals surface area contributed by atoms with Gasteiger partial charge in [-0.2, -0.15) is 0 Å². The molecule has 0 spiro atoms. The molecule has 0 saturated carbocycles. The van der Waals surface area contributed by atoms with E-state index < -0.39 is 0 Å². The van der Waals surface area contributed by atoms with Crippen molar-refractivity contribution in [2.24, 2.45) is 4.99 Å². The third-order valence-electron chi connectivity index (χ3n) is 9.88. The Kier molecular flexibility index (Phi) is 8.67. The van der Waals surface area contributed by atoms with Crippen LogP contribution in [0.2, 0.25) is 0 Å². The molecule has 1 N–H and O–H groups in total. The minimum absolute atomic E-state index is 0.209. The summed E-state index contributed by atoms with van der Waals surface area (Å²) >= 11 is 3.97. The number of nitrogens with zero attached hydrogens (tertiary/aromatic N) is 2. The highest BCUT2D eigenvalue weighted by atomic mass is 127. The van der Waals surface area contributed by atoms with E-state index in [2.05, 4.69) is 140 Å². The first kappa shape index (κ1) is 34.2. The van der Waals surface area contributed by atoms with Crippen LogP contribution in [0.15, 0.2) is 155 Å². The van der Waals surface area contributed by atoms with Crippen LogP contribution in [0.5, 0.6) is 5.75 Å². The number of hydrogen-bond acceptors (Lipinski definition) is 5. The summed E-state index contributed by atoms with van der Waals surface area (Å²) in [6, 6.07) is 50.4. The van der Waals surface area contributed by atoms with E-state index in [-0.39, 0.29) is 11.2 Å². The van der Waals surface area contributed by atoms with E-state index >= 15 is 0 Å². The highest BCUT2D eigenvalue weighted by Crippen LogP contribution is 2.45. The Morgan fingerprint density at radius 1 is 0.667 bits per heavy atom. The van der Waals surface area contributed by atoms with E-state index in [1.807, 2.05) is 48.5 Å². The van der Waals surface area contributed by atoms with Crippen molar-refractivity contribution in [2.75, 3.05) is 0 Å². The summed E-state index contributed by atoms with van der Waals surface area (Å²) in [5.74, 6) is 0.261. The molecule has 2 heterocycles. The highest BCUT2D eigenvalue weighted by Gasteiger charge is 2.22. The van der Waals surface area contributed by atoms with E-state index in [0.29, 0.717) is 5.56 Å². The Bertz CT molecular complexity index is 2900. The van der Waals surface area contributed by atoms with Crippen molar-refractivity contribution in [3.05, 3.63) is 160 Å². The van der Waals surface area contributed by atoms with Gasteiger partial charge in [0.2, 0.25) is 0 Å². The zero-order valence-corrected chi connectivity index (χ0v) is 32.9. The van der Waals surface area contributed by atoms with Gasteiger partial charge in [-0.15, -0.1) is 11.3 Å². The molecule has 0 bridgehead atoms. The van der Waals surface area contributed by atoms with Gasteiger partial charge in [0.15, 0.2) is 0 Å². The second kappa shape index (κ2) is 13.7. The molecule has 0 atom stereocenters. The number of aromatic nitrogens is 1. The molecule has 7 aromatic carbocycles. The van der Waals surface area contributed by atoms with Crippen molar-refractivity contribution in [2.45, 2.75) is 26.2 Å². The van der Waals surface area contributed by atoms with Gasteiger partial charge in [0, 0.05) is 48.4 Å². The van der Waals surface area contributed by atoms with Crippen molar-refractivity contribution in [3.8, 4) is 49.7 Å². The molecule has 0 saturated heterocycles. The lowest BCUT2D eigenvalue weighted by Gasteiger charge is -2.21. The number of halogens is 1. The number of rotatable bonds is 6. The molecule has 9 rings (SSSR count). The van der Waals surface area contributed by atoms with E-state index in [9.17, 15) is 5.11 Å². The topological polar surface area (TPSA) is 58.6 Å². The number of hydrogen-bond donors (Lipinski definition) is 1. The first-order chi connectivity index (χ1) is 26.2. The second-order valence-electron chi connectivity index (χ2n) is 14.5. The maximum absolute atomic E-state index is 11.3. The maximum atomic E-state index is 11.3. The van der Waals surface area contributed by atoms with Gasteiger partial charge in [-0.1, -0.05) is 118 Å². The van der Waals surface area contributed by atoms with Crippen LogP contribution in [-0.4, -0.2) is 16.3 Å². The fraction of sp³-hybridized carbons (Fsp3) is 0.0833. The van der Waals surface area contributed by atoms with Gasteiger partial charge in [-0.25, -0.2) is 4.98 Å². The predicted molar refractivity (Wildman–Crippen MR) is 235 cm³/mol. The molecular formula is C48H35IN2O2S. The molecular weight excluding hydrogens is 796 g/mol. The zero-order chi connectivity index (χ0) is 37.0. The third-order valence-corrected chi connectivity index (χ3v) is 11.5. The first-order valence-corrected chi connectivity index (χ1v) is 19.8. The summed E-state index contributed by atoms with van der Waals surface area (Å²) in [5, 5.41) is 14.3. The summed E-state index contributed by atoms with van der Waals surface area (Å²) in [4.78, 5) is 10.3. The molecule has 0 aliphatic rings. The third kappa shape index (κ3) is 6.29. The Labute approximate surface area is 331 Å². The predicted octanol–water partition coefficient (Wildman–Crippen LogP) is 14.2. The highest BCUT2D eigenvalue weighted by molar-refractivity contribution is 14.1. The summed E-state index contributed by atoms with van der Waals surface area (Å²) in [7, 11) is 0. The van der Waals surface area contributed by atoms with Crippen LogP contribution in [-0.2, 0) is 5.41 Å². The quantitative estimate of drug-likeness (QED) is 0.134. The average Bonchev–Trinajstić information content (AvgIpc) is 3.80. The Morgan fingerprint density at radius 2 is 1.35 bits per heavy atom. The zero-order valence-electron chi connectivity index (χ0n) is 30.0. The van der Waals surface area contributed by atoms with Crippen LogP contribution >= 0.6 is 33.9 Å². The minimum atomic E-state index is -0.209. The molecule has 0 aliphatic heterocycles. The molecule has 4 nitrogen and oxygen atoms in total. The summed E-state index contributed by atoms with van der Waals surface area (Å²) in [6.07, 6.45) is 1.77. The normalized spacial score (nSPS) is 12.1. The van der Waals surface area contributed by atoms with Gasteiger partial charge in [0.25, 0.3) is 0 Å². The van der Waals surface area contributed by atoms with Gasteiger partial charge >= 0.3 is 0 Å². The van der Waals surface area contributed by atoms with Crippen LogP contribution in [0, 0.1) is 3.57 Å². The average molecular weight is 831 g/mol. The molecule has 0 radical (unpaired) electrons. The SMILES string of the molecule is CC(C)(C)c1cc(I)cc(/C=N/c2ccccc2-c2nc3c(-c4cccc5c4oc4ccccc45)cc(-c4cccc(-c5ccccc5)c4)cc3s2)c1O. The largest absolute Gasteiger partial charge is 0.507 e.